The molecule has 0 saturated carbocycles. The summed E-state index contributed by atoms with van der Waals surface area (Å²) in [5.41, 5.74) is -0.545. The third-order valence-electron chi connectivity index (χ3n) is 8.43. The van der Waals surface area contributed by atoms with E-state index in [0.717, 1.165) is 16.7 Å². The number of alkyl halides is 1. The van der Waals surface area contributed by atoms with E-state index < -0.39 is 46.9 Å². The minimum atomic E-state index is -1.82. The third-order valence-corrected chi connectivity index (χ3v) is 9.03. The fraction of sp³-hybridized carbons (Fsp3) is 0.500. The first-order chi connectivity index (χ1) is 17.9. The average molecular weight is 587 g/mol. The highest BCUT2D eigenvalue weighted by Gasteiger charge is 2.67. The van der Waals surface area contributed by atoms with Crippen LogP contribution in [0.1, 0.15) is 39.7 Å². The molecule has 0 bridgehead atoms. The van der Waals surface area contributed by atoms with Gasteiger partial charge in [0.15, 0.2) is 5.78 Å². The van der Waals surface area contributed by atoms with Gasteiger partial charge in [0.1, 0.15) is 17.1 Å². The zero-order chi connectivity index (χ0) is 27.8. The predicted octanol–water partition coefficient (Wildman–Crippen LogP) is 3.44. The highest BCUT2D eigenvalue weighted by molar-refractivity contribution is 9.09. The third kappa shape index (κ3) is 4.82. The van der Waals surface area contributed by atoms with Gasteiger partial charge in [-0.2, -0.15) is 0 Å². The monoisotopic (exact) mass is 585 g/mol. The fourth-order valence-electron chi connectivity index (χ4n) is 6.63. The van der Waals surface area contributed by atoms with Gasteiger partial charge < -0.3 is 20.3 Å². The van der Waals surface area contributed by atoms with Crippen LogP contribution in [0.25, 0.3) is 0 Å². The molecule has 1 saturated heterocycles. The molecule has 4 rings (SSSR count). The number of Topliss-reactive ketones (excluding diaryl/α,β-unsaturated/α-hetero) is 1. The number of amides is 1. The van der Waals surface area contributed by atoms with Crippen molar-refractivity contribution < 1.29 is 29.3 Å². The molecule has 1 aliphatic heterocycles. The van der Waals surface area contributed by atoms with Gasteiger partial charge in [-0.05, 0) is 50.0 Å². The first-order valence-corrected chi connectivity index (χ1v) is 14.2. The molecule has 3 N–H and O–H groups in total. The Bertz CT molecular complexity index is 1190. The lowest BCUT2D eigenvalue weighted by Gasteiger charge is -2.49. The van der Waals surface area contributed by atoms with Gasteiger partial charge >= 0.3 is 5.97 Å². The summed E-state index contributed by atoms with van der Waals surface area (Å²) in [6.07, 6.45) is 5.09. The summed E-state index contributed by atoms with van der Waals surface area (Å²) in [6, 6.07) is 9.50. The number of rotatable bonds is 4. The van der Waals surface area contributed by atoms with Crippen LogP contribution in [0.4, 0.5) is 0 Å². The second kappa shape index (κ2) is 10.9. The largest absolute Gasteiger partial charge is 0.457 e. The van der Waals surface area contributed by atoms with Crippen LogP contribution in [0, 0.1) is 23.2 Å². The summed E-state index contributed by atoms with van der Waals surface area (Å²) in [4.78, 5) is 39.7. The molecule has 1 spiro atoms. The number of carbonyl (C=O) groups excluding carboxylic acids is 3. The van der Waals surface area contributed by atoms with Gasteiger partial charge in [0, 0.05) is 36.0 Å². The van der Waals surface area contributed by atoms with Crippen LogP contribution in [0.3, 0.4) is 0 Å². The van der Waals surface area contributed by atoms with E-state index in [-0.39, 0.29) is 17.7 Å². The molecule has 7 nitrogen and oxygen atoms in total. The van der Waals surface area contributed by atoms with Crippen LogP contribution in [0.2, 0.25) is 0 Å². The Hall–Kier alpha value is -2.55. The smallest absolute Gasteiger partial charge is 0.303 e. The van der Waals surface area contributed by atoms with E-state index in [1.807, 2.05) is 37.3 Å². The standard InChI is InChI=1S/C30H36BrNO6/c1-17-9-8-12-22-26(34)21(16-31)18(2)25-23(15-20-10-6-5-7-11-20)32-28(36)30(22,25)24(38-19(3)33)13-14-29(4,37)27(17)35/h5-8,10-14,17,22-26,34,37H,9,15-16H2,1-4H3,(H,32,36)/b12-8+,14-13-. The van der Waals surface area contributed by atoms with Crippen LogP contribution >= 0.6 is 15.9 Å². The summed E-state index contributed by atoms with van der Waals surface area (Å²) in [6.45, 7) is 6.32. The molecule has 8 atom stereocenters. The summed E-state index contributed by atoms with van der Waals surface area (Å²) >= 11 is 3.54. The molecule has 38 heavy (non-hydrogen) atoms. The van der Waals surface area contributed by atoms with Gasteiger partial charge in [-0.3, -0.25) is 14.4 Å². The number of halogens is 1. The van der Waals surface area contributed by atoms with Crippen molar-refractivity contribution in [3.05, 3.63) is 71.3 Å². The van der Waals surface area contributed by atoms with Crippen molar-refractivity contribution in [1.82, 2.24) is 5.32 Å². The van der Waals surface area contributed by atoms with Crippen molar-refractivity contribution in [3.63, 3.8) is 0 Å². The maximum Gasteiger partial charge on any atom is 0.303 e. The Labute approximate surface area is 232 Å². The van der Waals surface area contributed by atoms with Gasteiger partial charge in [0.05, 0.1) is 6.10 Å². The normalized spacial score (nSPS) is 38.9. The molecule has 3 aliphatic rings. The molecule has 0 radical (unpaired) electrons. The highest BCUT2D eigenvalue weighted by atomic mass is 79.9. The second-order valence-corrected chi connectivity index (χ2v) is 11.5. The van der Waals surface area contributed by atoms with Crippen molar-refractivity contribution in [2.24, 2.45) is 23.2 Å². The molecule has 0 aromatic heterocycles. The Kier molecular flexibility index (Phi) is 8.17. The first kappa shape index (κ1) is 28.5. The number of ketones is 1. The number of aliphatic hydroxyl groups excluding tert-OH is 1. The molecule has 1 aromatic rings. The van der Waals surface area contributed by atoms with Gasteiger partial charge in [-0.1, -0.05) is 70.9 Å². The SMILES string of the molecule is CC(=O)OC1/C=C\C(C)(O)C(=O)C(C)C/C=C/C2C(O)C(CBr)=C(C)C3C(Cc4ccccc4)NC(=O)C123. The van der Waals surface area contributed by atoms with Crippen molar-refractivity contribution in [2.75, 3.05) is 5.33 Å². The fourth-order valence-corrected chi connectivity index (χ4v) is 7.40. The number of hydrogen-bond acceptors (Lipinski definition) is 6. The minimum Gasteiger partial charge on any atom is -0.457 e. The summed E-state index contributed by atoms with van der Waals surface area (Å²) < 4.78 is 5.84. The lowest BCUT2D eigenvalue weighted by atomic mass is 9.54. The van der Waals surface area contributed by atoms with Crippen molar-refractivity contribution in [2.45, 2.75) is 64.4 Å². The molecular weight excluding hydrogens is 550 g/mol. The lowest BCUT2D eigenvalue weighted by Crippen LogP contribution is -2.58. The molecule has 8 unspecified atom stereocenters. The van der Waals surface area contributed by atoms with Crippen molar-refractivity contribution in [3.8, 4) is 0 Å². The number of carbonyl (C=O) groups is 3. The van der Waals surface area contributed by atoms with E-state index in [4.69, 9.17) is 4.74 Å². The number of benzene rings is 1. The molecule has 1 fully saturated rings. The molecule has 1 heterocycles. The Morgan fingerprint density at radius 3 is 2.53 bits per heavy atom. The number of nitrogens with one attached hydrogen (secondary N) is 1. The van der Waals surface area contributed by atoms with E-state index in [2.05, 4.69) is 21.2 Å². The number of aliphatic hydroxyl groups is 2. The topological polar surface area (TPSA) is 113 Å². The van der Waals surface area contributed by atoms with Crippen LogP contribution < -0.4 is 5.32 Å². The second-order valence-electron chi connectivity index (χ2n) is 11.0. The van der Waals surface area contributed by atoms with Gasteiger partial charge in [0.2, 0.25) is 5.91 Å². The maximum atomic E-state index is 14.2. The molecule has 204 valence electrons. The van der Waals surface area contributed by atoms with Crippen LogP contribution in [-0.4, -0.2) is 57.1 Å². The van der Waals surface area contributed by atoms with Crippen LogP contribution in [-0.2, 0) is 25.5 Å². The van der Waals surface area contributed by atoms with Gasteiger partial charge in [-0.15, -0.1) is 0 Å². The van der Waals surface area contributed by atoms with Crippen LogP contribution in [0.5, 0.6) is 0 Å². The Balaban J connectivity index is 1.98. The summed E-state index contributed by atoms with van der Waals surface area (Å²) in [5.74, 6) is -3.00. The lowest BCUT2D eigenvalue weighted by molar-refractivity contribution is -0.161. The van der Waals surface area contributed by atoms with E-state index in [1.54, 1.807) is 19.1 Å². The first-order valence-electron chi connectivity index (χ1n) is 13.0. The zero-order valence-corrected chi connectivity index (χ0v) is 23.8. The van der Waals surface area contributed by atoms with Crippen molar-refractivity contribution in [1.29, 1.82) is 0 Å². The summed E-state index contributed by atoms with van der Waals surface area (Å²) in [7, 11) is 0. The maximum absolute atomic E-state index is 14.2. The van der Waals surface area contributed by atoms with Crippen LogP contribution in [0.15, 0.2) is 65.8 Å². The molecule has 2 aliphatic carbocycles. The Morgan fingerprint density at radius 2 is 1.89 bits per heavy atom. The van der Waals surface area contributed by atoms with E-state index in [0.29, 0.717) is 18.2 Å². The zero-order valence-electron chi connectivity index (χ0n) is 22.2. The summed E-state index contributed by atoms with van der Waals surface area (Å²) in [5, 5.41) is 26.3. The van der Waals surface area contributed by atoms with Gasteiger partial charge in [0.25, 0.3) is 0 Å². The number of ether oxygens (including phenoxy) is 1. The number of allylic oxidation sites excluding steroid dienone is 1. The predicted molar refractivity (Wildman–Crippen MR) is 147 cm³/mol. The highest BCUT2D eigenvalue weighted by Crippen LogP contribution is 2.57. The molecule has 1 aromatic carbocycles. The number of esters is 1. The number of hydrogen-bond donors (Lipinski definition) is 3. The van der Waals surface area contributed by atoms with E-state index >= 15 is 0 Å². The van der Waals surface area contributed by atoms with Crippen molar-refractivity contribution >= 4 is 33.6 Å². The average Bonchev–Trinajstić information content (AvgIpc) is 3.15. The molecule has 8 heteroatoms. The quantitative estimate of drug-likeness (QED) is 0.283. The van der Waals surface area contributed by atoms with E-state index in [9.17, 15) is 24.6 Å². The molecule has 1 amide bonds. The Morgan fingerprint density at radius 1 is 1.21 bits per heavy atom. The van der Waals surface area contributed by atoms with Gasteiger partial charge in [-0.25, -0.2) is 0 Å². The van der Waals surface area contributed by atoms with E-state index in [1.165, 1.54) is 26.0 Å². The molecular formula is C30H36BrNO6. The minimum absolute atomic E-state index is 0.326.